The minimum absolute atomic E-state index is 0.335. The number of nitrogens with zero attached hydrogens (tertiary/aromatic N) is 1. The molecule has 0 aliphatic carbocycles. The molecule has 0 fully saturated rings. The minimum atomic E-state index is -0.335. The molecule has 1 rings (SSSR count). The molecule has 0 aromatic carbocycles. The fourth-order valence-corrected chi connectivity index (χ4v) is 5.11. The maximum atomic E-state index is 10.2. The van der Waals surface area contributed by atoms with Gasteiger partial charge in [-0.15, -0.1) is 6.58 Å². The van der Waals surface area contributed by atoms with Crippen molar-refractivity contribution in [3.05, 3.63) is 25.1 Å². The Morgan fingerprint density at radius 2 is 1.23 bits per heavy atom. The van der Waals surface area contributed by atoms with E-state index in [0.29, 0.717) is 10.6 Å². The molecular weight excluding hydrogens is 380 g/mol. The highest BCUT2D eigenvalue weighted by atomic mass is 16.3. The smallest absolute Gasteiger partial charge is 0.193 e. The molecule has 3 unspecified atom stereocenters. The zero-order valence-corrected chi connectivity index (χ0v) is 21.1. The van der Waals surface area contributed by atoms with Crippen LogP contribution in [-0.4, -0.2) is 28.5 Å². The van der Waals surface area contributed by atoms with Gasteiger partial charge in [0, 0.05) is 13.3 Å². The molecule has 0 aromatic rings. The lowest BCUT2D eigenvalue weighted by atomic mass is 10.0. The summed E-state index contributed by atoms with van der Waals surface area (Å²) < 4.78 is 0.677. The number of nitrogens with one attached hydrogen (secondary N) is 1. The number of hydrogen-bond donors (Lipinski definition) is 2. The van der Waals surface area contributed by atoms with Crippen LogP contribution in [0.5, 0.6) is 0 Å². The number of quaternary nitrogens is 1. The molecular formula is C28H55N2O+. The van der Waals surface area contributed by atoms with E-state index in [2.05, 4.69) is 25.0 Å². The molecule has 3 nitrogen and oxygen atoms in total. The Balaban J connectivity index is 1.81. The summed E-state index contributed by atoms with van der Waals surface area (Å²) in [5, 5.41) is 13.7. The number of aliphatic hydroxyl groups is 1. The normalized spacial score (nSPS) is 21.3. The Labute approximate surface area is 195 Å². The number of allylic oxidation sites excluding steroid dienone is 1. The molecule has 0 spiro atoms. The molecule has 1 heterocycles. The molecule has 31 heavy (non-hydrogen) atoms. The number of rotatable bonds is 22. The van der Waals surface area contributed by atoms with Crippen LogP contribution in [0.25, 0.3) is 0 Å². The van der Waals surface area contributed by atoms with Gasteiger partial charge in [0.1, 0.15) is 6.20 Å². The summed E-state index contributed by atoms with van der Waals surface area (Å²) in [5.41, 5.74) is 0. The van der Waals surface area contributed by atoms with Crippen molar-refractivity contribution in [2.24, 2.45) is 0 Å². The lowest BCUT2D eigenvalue weighted by Crippen LogP contribution is -2.57. The summed E-state index contributed by atoms with van der Waals surface area (Å²) in [6.45, 7) is 8.82. The van der Waals surface area contributed by atoms with Crippen molar-refractivity contribution < 1.29 is 9.59 Å². The van der Waals surface area contributed by atoms with Crippen molar-refractivity contribution in [3.63, 3.8) is 0 Å². The summed E-state index contributed by atoms with van der Waals surface area (Å²) in [6, 6.07) is 0. The molecule has 0 bridgehead atoms. The predicted octanol–water partition coefficient (Wildman–Crippen LogP) is 8.16. The first kappa shape index (κ1) is 28.2. The van der Waals surface area contributed by atoms with Crippen molar-refractivity contribution in [2.45, 2.75) is 148 Å². The summed E-state index contributed by atoms with van der Waals surface area (Å²) in [7, 11) is 0. The lowest BCUT2D eigenvalue weighted by molar-refractivity contribution is -0.942. The molecule has 0 saturated carbocycles. The number of aliphatic hydroxyl groups excluding tert-OH is 1. The van der Waals surface area contributed by atoms with Gasteiger partial charge in [0.25, 0.3) is 0 Å². The largest absolute Gasteiger partial charge is 0.345 e. The molecule has 0 amide bonds. The third-order valence-electron chi connectivity index (χ3n) is 7.35. The van der Waals surface area contributed by atoms with E-state index in [1.807, 2.05) is 19.2 Å². The van der Waals surface area contributed by atoms with Gasteiger partial charge in [0.05, 0.1) is 12.7 Å². The maximum absolute atomic E-state index is 10.2. The molecule has 3 atom stereocenters. The van der Waals surface area contributed by atoms with E-state index in [9.17, 15) is 5.11 Å². The first-order valence-corrected chi connectivity index (χ1v) is 13.8. The van der Waals surface area contributed by atoms with Gasteiger partial charge < -0.3 is 10.4 Å². The number of unbranched alkanes of at least 4 members (excludes halogenated alkanes) is 17. The fourth-order valence-electron chi connectivity index (χ4n) is 5.11. The predicted molar refractivity (Wildman–Crippen MR) is 136 cm³/mol. The SMILES string of the molecule is C=CCCCCCCCCCCCCCCCCCCCC1NC=C[N+]1(CC)C(C)O. The van der Waals surface area contributed by atoms with Crippen LogP contribution in [0.4, 0.5) is 0 Å². The zero-order chi connectivity index (χ0) is 22.6. The molecule has 0 saturated heterocycles. The highest BCUT2D eigenvalue weighted by Crippen LogP contribution is 2.26. The van der Waals surface area contributed by atoms with Crippen molar-refractivity contribution >= 4 is 0 Å². The molecule has 0 aromatic heterocycles. The van der Waals surface area contributed by atoms with Crippen LogP contribution >= 0.6 is 0 Å². The molecule has 1 aliphatic heterocycles. The van der Waals surface area contributed by atoms with E-state index in [1.54, 1.807) is 0 Å². The third kappa shape index (κ3) is 12.1. The highest BCUT2D eigenvalue weighted by molar-refractivity contribution is 4.84. The summed E-state index contributed by atoms with van der Waals surface area (Å²) in [6.07, 6.45) is 32.5. The van der Waals surface area contributed by atoms with Crippen LogP contribution in [0.15, 0.2) is 25.1 Å². The van der Waals surface area contributed by atoms with Gasteiger partial charge in [-0.25, -0.2) is 0 Å². The van der Waals surface area contributed by atoms with Gasteiger partial charge in [0.15, 0.2) is 12.4 Å². The second kappa shape index (κ2) is 18.7. The summed E-state index contributed by atoms with van der Waals surface area (Å²) >= 11 is 0. The van der Waals surface area contributed by atoms with Crippen LogP contribution in [0.2, 0.25) is 0 Å². The Hall–Kier alpha value is -0.800. The monoisotopic (exact) mass is 435 g/mol. The Kier molecular flexibility index (Phi) is 17.1. The molecule has 0 radical (unpaired) electrons. The molecule has 1 aliphatic rings. The van der Waals surface area contributed by atoms with E-state index < -0.39 is 0 Å². The second-order valence-corrected chi connectivity index (χ2v) is 9.82. The van der Waals surface area contributed by atoms with Crippen LogP contribution in [0.1, 0.15) is 136 Å². The van der Waals surface area contributed by atoms with Gasteiger partial charge in [-0.1, -0.05) is 102 Å². The van der Waals surface area contributed by atoms with Gasteiger partial charge in [0.2, 0.25) is 0 Å². The zero-order valence-electron chi connectivity index (χ0n) is 21.1. The summed E-state index contributed by atoms with van der Waals surface area (Å²) in [4.78, 5) is 0. The average molecular weight is 436 g/mol. The van der Waals surface area contributed by atoms with E-state index in [0.717, 1.165) is 13.0 Å². The minimum Gasteiger partial charge on any atom is -0.345 e. The van der Waals surface area contributed by atoms with Crippen molar-refractivity contribution in [2.75, 3.05) is 6.54 Å². The van der Waals surface area contributed by atoms with Crippen LogP contribution in [0.3, 0.4) is 0 Å². The standard InChI is InChI=1S/C28H55N2O/c1-4-6-7-8-9-10-11-12-13-14-15-16-17-18-19-20-21-22-23-24-28-29-25-26-30(28,5-2)27(3)31/h4,25-29,31H,1,5-24H2,2-3H3/q+1. The fraction of sp³-hybridized carbons (Fsp3) is 0.857. The van der Waals surface area contributed by atoms with Crippen molar-refractivity contribution in [1.82, 2.24) is 5.32 Å². The topological polar surface area (TPSA) is 32.3 Å². The lowest BCUT2D eigenvalue weighted by Gasteiger charge is -2.39. The van der Waals surface area contributed by atoms with Crippen molar-refractivity contribution in [1.29, 1.82) is 0 Å². The number of hydrogen-bond acceptors (Lipinski definition) is 2. The first-order valence-electron chi connectivity index (χ1n) is 13.8. The Bertz CT molecular complexity index is 448. The van der Waals surface area contributed by atoms with Gasteiger partial charge in [-0.2, -0.15) is 0 Å². The Morgan fingerprint density at radius 3 is 1.61 bits per heavy atom. The van der Waals surface area contributed by atoms with E-state index in [-0.39, 0.29) is 6.23 Å². The molecule has 3 heteroatoms. The van der Waals surface area contributed by atoms with E-state index in [4.69, 9.17) is 0 Å². The van der Waals surface area contributed by atoms with E-state index in [1.165, 1.54) is 116 Å². The highest BCUT2D eigenvalue weighted by Gasteiger charge is 2.40. The van der Waals surface area contributed by atoms with Crippen LogP contribution in [-0.2, 0) is 0 Å². The van der Waals surface area contributed by atoms with Gasteiger partial charge in [-0.3, -0.25) is 4.48 Å². The summed E-state index contributed by atoms with van der Waals surface area (Å²) in [5.74, 6) is 0. The second-order valence-electron chi connectivity index (χ2n) is 9.82. The first-order chi connectivity index (χ1) is 15.2. The third-order valence-corrected chi connectivity index (χ3v) is 7.35. The quantitative estimate of drug-likeness (QED) is 0.102. The molecule has 2 N–H and O–H groups in total. The average Bonchev–Trinajstić information content (AvgIpc) is 3.19. The van der Waals surface area contributed by atoms with Gasteiger partial charge >= 0.3 is 0 Å². The van der Waals surface area contributed by atoms with Crippen LogP contribution < -0.4 is 5.32 Å². The van der Waals surface area contributed by atoms with E-state index >= 15 is 0 Å². The Morgan fingerprint density at radius 1 is 0.806 bits per heavy atom. The van der Waals surface area contributed by atoms with Crippen LogP contribution in [0, 0.1) is 0 Å². The van der Waals surface area contributed by atoms with Gasteiger partial charge in [-0.05, 0) is 26.2 Å². The molecule has 182 valence electrons. The van der Waals surface area contributed by atoms with Crippen molar-refractivity contribution in [3.8, 4) is 0 Å². The maximum Gasteiger partial charge on any atom is 0.193 e.